The van der Waals surface area contributed by atoms with E-state index in [1.54, 1.807) is 6.92 Å². The highest BCUT2D eigenvalue weighted by Gasteiger charge is 2.11. The number of aromatic nitrogens is 2. The number of aromatic carboxylic acids is 1. The lowest BCUT2D eigenvalue weighted by atomic mass is 10.3. The molecule has 1 rings (SSSR count). The summed E-state index contributed by atoms with van der Waals surface area (Å²) in [6, 6.07) is 1.43. The molecule has 1 aromatic rings. The first-order valence-electron chi connectivity index (χ1n) is 4.89. The van der Waals surface area contributed by atoms with E-state index in [2.05, 4.69) is 9.97 Å². The maximum Gasteiger partial charge on any atom is 0.354 e. The molecule has 0 amide bonds. The second-order valence-corrected chi connectivity index (χ2v) is 4.83. The second kappa shape index (κ2) is 5.81. The average Bonchev–Trinajstić information content (AvgIpc) is 2.16. The predicted octanol–water partition coefficient (Wildman–Crippen LogP) is 1.35. The largest absolute Gasteiger partial charge is 0.477 e. The van der Waals surface area contributed by atoms with E-state index in [0.717, 1.165) is 0 Å². The molecule has 1 aromatic heterocycles. The van der Waals surface area contributed by atoms with E-state index >= 15 is 0 Å². The van der Waals surface area contributed by atoms with Crippen LogP contribution >= 0.6 is 11.8 Å². The van der Waals surface area contributed by atoms with Crippen LogP contribution in [0.15, 0.2) is 11.2 Å². The normalized spacial score (nSPS) is 12.4. The molecule has 1 atom stereocenters. The zero-order valence-corrected chi connectivity index (χ0v) is 9.99. The number of thioether (sulfide) groups is 1. The van der Waals surface area contributed by atoms with E-state index in [4.69, 9.17) is 10.2 Å². The molecule has 0 aliphatic carbocycles. The summed E-state index contributed by atoms with van der Waals surface area (Å²) in [5, 5.41) is 18.2. The zero-order chi connectivity index (χ0) is 12.1. The van der Waals surface area contributed by atoms with Crippen molar-refractivity contribution in [1.29, 1.82) is 0 Å². The van der Waals surface area contributed by atoms with Crippen molar-refractivity contribution < 1.29 is 15.0 Å². The minimum atomic E-state index is -1.05. The highest BCUT2D eigenvalue weighted by atomic mass is 32.2. The predicted molar refractivity (Wildman–Crippen MR) is 60.8 cm³/mol. The first-order valence-corrected chi connectivity index (χ1v) is 5.77. The van der Waals surface area contributed by atoms with Gasteiger partial charge in [-0.25, -0.2) is 14.8 Å². The number of hydrogen-bond acceptors (Lipinski definition) is 5. The fourth-order valence-corrected chi connectivity index (χ4v) is 2.06. The van der Waals surface area contributed by atoms with Crippen LogP contribution in [0.4, 0.5) is 0 Å². The van der Waals surface area contributed by atoms with Crippen LogP contribution in [0.5, 0.6) is 0 Å². The molecule has 6 heteroatoms. The quantitative estimate of drug-likeness (QED) is 0.599. The third-order valence-corrected chi connectivity index (χ3v) is 2.93. The van der Waals surface area contributed by atoms with Gasteiger partial charge in [-0.3, -0.25) is 0 Å². The van der Waals surface area contributed by atoms with Gasteiger partial charge >= 0.3 is 5.97 Å². The number of nitrogens with zero attached hydrogens (tertiary/aromatic N) is 2. The standard InChI is InChI=1S/C10H14N2O3S/c1-6-5-8(9(14)15)12-10(11-6)16-7(2)3-4-13/h5,7,13H,3-4H2,1-2H3,(H,14,15). The van der Waals surface area contributed by atoms with Crippen molar-refractivity contribution >= 4 is 17.7 Å². The molecule has 0 saturated heterocycles. The number of aliphatic hydroxyl groups excluding tert-OH is 1. The number of carboxylic acid groups (broad SMARTS) is 1. The molecule has 0 spiro atoms. The van der Waals surface area contributed by atoms with Gasteiger partial charge in [-0.2, -0.15) is 0 Å². The molecule has 0 bridgehead atoms. The maximum absolute atomic E-state index is 10.8. The van der Waals surface area contributed by atoms with Crippen molar-refractivity contribution in [3.05, 3.63) is 17.5 Å². The van der Waals surface area contributed by atoms with E-state index in [9.17, 15) is 4.79 Å². The molecule has 5 nitrogen and oxygen atoms in total. The van der Waals surface area contributed by atoms with Gasteiger partial charge in [-0.1, -0.05) is 18.7 Å². The lowest BCUT2D eigenvalue weighted by molar-refractivity contribution is 0.0689. The van der Waals surface area contributed by atoms with Crippen molar-refractivity contribution in [1.82, 2.24) is 9.97 Å². The minimum Gasteiger partial charge on any atom is -0.477 e. The Morgan fingerprint density at radius 2 is 2.25 bits per heavy atom. The monoisotopic (exact) mass is 242 g/mol. The van der Waals surface area contributed by atoms with E-state index < -0.39 is 5.97 Å². The van der Waals surface area contributed by atoms with Gasteiger partial charge in [0.25, 0.3) is 0 Å². The Labute approximate surface area is 97.9 Å². The van der Waals surface area contributed by atoms with Crippen LogP contribution in [0, 0.1) is 6.92 Å². The van der Waals surface area contributed by atoms with E-state index in [0.29, 0.717) is 17.3 Å². The summed E-state index contributed by atoms with van der Waals surface area (Å²) in [4.78, 5) is 18.8. The Kier molecular flexibility index (Phi) is 4.70. The molecule has 16 heavy (non-hydrogen) atoms. The van der Waals surface area contributed by atoms with Crippen LogP contribution in [0.1, 0.15) is 29.5 Å². The second-order valence-electron chi connectivity index (χ2n) is 3.42. The Morgan fingerprint density at radius 1 is 1.56 bits per heavy atom. The van der Waals surface area contributed by atoms with Gasteiger partial charge < -0.3 is 10.2 Å². The van der Waals surface area contributed by atoms with Crippen molar-refractivity contribution in [2.24, 2.45) is 0 Å². The Morgan fingerprint density at radius 3 is 2.81 bits per heavy atom. The number of rotatable bonds is 5. The van der Waals surface area contributed by atoms with E-state index in [1.807, 2.05) is 6.92 Å². The Balaban J connectivity index is 2.84. The lowest BCUT2D eigenvalue weighted by Crippen LogP contribution is -2.06. The summed E-state index contributed by atoms with van der Waals surface area (Å²) in [6.45, 7) is 3.77. The summed E-state index contributed by atoms with van der Waals surface area (Å²) >= 11 is 1.37. The Bertz CT molecular complexity index is 384. The van der Waals surface area contributed by atoms with Gasteiger partial charge in [-0.05, 0) is 19.4 Å². The van der Waals surface area contributed by atoms with Crippen molar-refractivity contribution in [2.45, 2.75) is 30.7 Å². The highest BCUT2D eigenvalue weighted by Crippen LogP contribution is 2.21. The van der Waals surface area contributed by atoms with Crippen LogP contribution in [0.25, 0.3) is 0 Å². The molecule has 1 heterocycles. The first kappa shape index (κ1) is 12.9. The maximum atomic E-state index is 10.8. The first-order chi connectivity index (χ1) is 7.52. The third kappa shape index (κ3) is 3.79. The average molecular weight is 242 g/mol. The lowest BCUT2D eigenvalue weighted by Gasteiger charge is -2.08. The molecule has 2 N–H and O–H groups in total. The summed E-state index contributed by atoms with van der Waals surface area (Å²) in [5.74, 6) is -1.05. The Hall–Kier alpha value is -1.14. The van der Waals surface area contributed by atoms with Crippen molar-refractivity contribution in [3.8, 4) is 0 Å². The fourth-order valence-electron chi connectivity index (χ4n) is 1.12. The highest BCUT2D eigenvalue weighted by molar-refractivity contribution is 7.99. The molecule has 0 fully saturated rings. The van der Waals surface area contributed by atoms with Crippen LogP contribution in [-0.4, -0.2) is 38.0 Å². The summed E-state index contributed by atoms with van der Waals surface area (Å²) < 4.78 is 0. The summed E-state index contributed by atoms with van der Waals surface area (Å²) in [7, 11) is 0. The molecule has 1 unspecified atom stereocenters. The number of carbonyl (C=O) groups is 1. The molecule has 0 saturated carbocycles. The van der Waals surface area contributed by atoms with Gasteiger partial charge in [0, 0.05) is 17.6 Å². The van der Waals surface area contributed by atoms with Gasteiger partial charge in [0.15, 0.2) is 10.9 Å². The van der Waals surface area contributed by atoms with Crippen LogP contribution in [0.2, 0.25) is 0 Å². The number of aliphatic hydroxyl groups is 1. The SMILES string of the molecule is Cc1cc(C(=O)O)nc(SC(C)CCO)n1. The van der Waals surface area contributed by atoms with Crippen molar-refractivity contribution in [3.63, 3.8) is 0 Å². The van der Waals surface area contributed by atoms with Gasteiger partial charge in [0.2, 0.25) is 0 Å². The smallest absolute Gasteiger partial charge is 0.354 e. The molecule has 0 radical (unpaired) electrons. The number of aryl methyl sites for hydroxylation is 1. The third-order valence-electron chi connectivity index (χ3n) is 1.90. The molecular weight excluding hydrogens is 228 g/mol. The molecular formula is C10H14N2O3S. The molecule has 0 aliphatic heterocycles. The van der Waals surface area contributed by atoms with Gasteiger partial charge in [0.05, 0.1) is 0 Å². The number of carboxylic acids is 1. The van der Waals surface area contributed by atoms with E-state index in [1.165, 1.54) is 17.8 Å². The van der Waals surface area contributed by atoms with Gasteiger partial charge in [0.1, 0.15) is 0 Å². The van der Waals surface area contributed by atoms with Crippen LogP contribution < -0.4 is 0 Å². The molecule has 0 aromatic carbocycles. The summed E-state index contributed by atoms with van der Waals surface area (Å²) in [6.07, 6.45) is 0.629. The zero-order valence-electron chi connectivity index (χ0n) is 9.17. The fraction of sp³-hybridized carbons (Fsp3) is 0.500. The minimum absolute atomic E-state index is 0.00574. The number of hydrogen-bond donors (Lipinski definition) is 2. The van der Waals surface area contributed by atoms with Crippen molar-refractivity contribution in [2.75, 3.05) is 6.61 Å². The molecule has 0 aliphatic rings. The summed E-state index contributed by atoms with van der Waals surface area (Å²) in [5.41, 5.74) is 0.636. The van der Waals surface area contributed by atoms with Crippen LogP contribution in [-0.2, 0) is 0 Å². The molecule has 88 valence electrons. The van der Waals surface area contributed by atoms with E-state index in [-0.39, 0.29) is 17.6 Å². The van der Waals surface area contributed by atoms with Crippen LogP contribution in [0.3, 0.4) is 0 Å². The topological polar surface area (TPSA) is 83.3 Å². The van der Waals surface area contributed by atoms with Gasteiger partial charge in [-0.15, -0.1) is 0 Å².